The number of hydrogen-bond acceptors (Lipinski definition) is 31. The first-order valence-electron chi connectivity index (χ1n) is 48.3. The number of likely N-dealkylation sites (tertiary alicyclic amines) is 3. The van der Waals surface area contributed by atoms with E-state index in [2.05, 4.69) is 176 Å². The number of aliphatic hydroxyl groups excluding tert-OH is 1. The van der Waals surface area contributed by atoms with E-state index in [9.17, 15) is 28.8 Å². The largest absolute Gasteiger partial charge is 1.00 e. The van der Waals surface area contributed by atoms with Gasteiger partial charge in [0, 0.05) is 241 Å². The van der Waals surface area contributed by atoms with Crippen LogP contribution < -0.4 is 51.6 Å². The number of halogens is 2. The first-order chi connectivity index (χ1) is 61.6. The number of nitrogens with two attached hydrogens (primary N) is 3. The van der Waals surface area contributed by atoms with Crippen molar-refractivity contribution in [3.63, 3.8) is 0 Å². The second-order valence-electron chi connectivity index (χ2n) is 39.5. The second kappa shape index (κ2) is 69.5. The number of anilines is 2. The molecule has 10 aliphatic heterocycles. The molecule has 41 heteroatoms. The van der Waals surface area contributed by atoms with Crippen molar-refractivity contribution in [2.75, 3.05) is 295 Å². The molecule has 0 bridgehead atoms. The van der Waals surface area contributed by atoms with Crippen LogP contribution in [-0.2, 0) is 33.4 Å². The van der Waals surface area contributed by atoms with E-state index >= 15 is 0 Å². The van der Waals surface area contributed by atoms with Crippen LogP contribution in [0.25, 0.3) is 0 Å². The number of carboxylic acids is 1. The van der Waals surface area contributed by atoms with Crippen LogP contribution in [-0.4, -0.2) is 454 Å². The first kappa shape index (κ1) is 125. The van der Waals surface area contributed by atoms with Gasteiger partial charge in [-0.1, -0.05) is 73.4 Å². The normalized spacial score (nSPS) is 21.1. The number of carboxylic acid groups (broad SMARTS) is 1. The predicted octanol–water partition coefficient (Wildman–Crippen LogP) is 4.80. The third-order valence-electron chi connectivity index (χ3n) is 24.7. The van der Waals surface area contributed by atoms with Crippen molar-refractivity contribution in [3.8, 4) is 0 Å². The monoisotopic (exact) mass is 2060 g/mol. The summed E-state index contributed by atoms with van der Waals surface area (Å²) in [5.41, 5.74) is 13.7. The van der Waals surface area contributed by atoms with Crippen molar-refractivity contribution in [2.45, 2.75) is 202 Å². The average Bonchev–Trinajstić information content (AvgIpc) is 1.11. The van der Waals surface area contributed by atoms with Crippen molar-refractivity contribution in [1.29, 1.82) is 0 Å². The van der Waals surface area contributed by atoms with Gasteiger partial charge in [-0.2, -0.15) is 0 Å². The number of piperidine rings is 4. The number of nitrogens with one attached hydrogen (secondary N) is 2. The van der Waals surface area contributed by atoms with Gasteiger partial charge in [-0.25, -0.2) is 9.59 Å². The number of likely N-dealkylation sites (N-methyl/N-ethyl adjacent to an activating group) is 5. The second-order valence-corrected chi connectivity index (χ2v) is 44.5. The Hall–Kier alpha value is -3.40. The van der Waals surface area contributed by atoms with E-state index in [1.807, 2.05) is 67.2 Å². The number of thiocarbonyl (C=S) groups is 1. The first-order valence-corrected chi connectivity index (χ1v) is 51.9. The van der Waals surface area contributed by atoms with E-state index in [4.69, 9.17) is 36.9 Å². The molecule has 760 valence electrons. The molecule has 12 fully saturated rings. The van der Waals surface area contributed by atoms with Crippen LogP contribution in [0.3, 0.4) is 0 Å². The third-order valence-corrected chi connectivity index (χ3v) is 27.5. The molecule has 12 aliphatic rings. The Labute approximate surface area is 849 Å². The summed E-state index contributed by atoms with van der Waals surface area (Å²) in [6.45, 7) is 57.4. The molecule has 12 heterocycles. The number of nitrogens with zero attached hydrogens (tertiary/aromatic N) is 18. The van der Waals surface area contributed by atoms with Crippen LogP contribution in [0.15, 0.2) is 7.83 Å². The molecule has 14 rings (SSSR count). The number of aromatic nitrogens is 4. The van der Waals surface area contributed by atoms with Gasteiger partial charge in [0.05, 0.1) is 10.9 Å². The molecule has 2 saturated carbocycles. The summed E-state index contributed by atoms with van der Waals surface area (Å²) in [6.07, 6.45) is 20.8. The van der Waals surface area contributed by atoms with Gasteiger partial charge < -0.3 is 122 Å². The van der Waals surface area contributed by atoms with Gasteiger partial charge in [-0.05, 0) is 251 Å². The Morgan fingerprint density at radius 3 is 1.08 bits per heavy atom. The van der Waals surface area contributed by atoms with Crippen LogP contribution in [0.5, 0.6) is 0 Å². The fourth-order valence-electron chi connectivity index (χ4n) is 16.6. The number of aliphatic carboxylic acids is 1. The molecule has 10 N–H and O–H groups in total. The number of ether oxygens (including phenoxy) is 3. The maximum Gasteiger partial charge on any atom is 1.00 e. The number of piperazine rings is 6. The topological polar surface area (TPSA) is 370 Å². The zero-order chi connectivity index (χ0) is 96.2. The molecule has 2 aliphatic carbocycles. The number of amides is 4. The summed E-state index contributed by atoms with van der Waals surface area (Å²) >= 11 is 13.8. The molecule has 0 atom stereocenters. The molecule has 2 aromatic heterocycles. The van der Waals surface area contributed by atoms with E-state index in [0.717, 1.165) is 135 Å². The number of carbonyl (C=O) groups is 6. The van der Waals surface area contributed by atoms with Gasteiger partial charge in [-0.15, -0.1) is 20.4 Å². The molecule has 4 amide bonds. The third kappa shape index (κ3) is 57.4. The van der Waals surface area contributed by atoms with E-state index in [-0.39, 0.29) is 79.8 Å². The van der Waals surface area contributed by atoms with Crippen LogP contribution in [0.4, 0.5) is 19.9 Å². The Bertz CT molecular complexity index is 3310. The standard InChI is InChI=1S/C16H29N3O3.C13H22BrN5S.C12H22N2O.C12H24N2.C11H23N3.C11H19NO4.C5H12N2.C5H10O2.C2H2BrN3S.C2H6N2S.C2H6O.Al.Li.4H/c1-16(2,3)22-15(21)19-7-5-13(6-8-19)14(20)18-11-9-17(4)10-12-18;1-17-6-8-18(9-7-17)10-11-2-4-19(5-3-11)13-16-15-12(14)20-13;1-13-7-9-14(10-8-13)12(15)11-5-3-2-4-6-11;1-13-7-9-14(10-8-13)11-12-5-3-2-4-6-12;1-13-6-2-11(3-7-13)10-14-8-4-12-5-9-14;1-11(2,3)16-10(15)12-6-4-8(5-7-12)9(13)14;1-7-4-2-6-3-5-7;1-5(2,3)7-4-6;3-1-5-6-2(4)7-1;3-1-2(4)5;1-2-3;;;;;;/h13H,5-12H2,1-4H3;11H,2-10H2,1H3;11H,2-10H2,1H3;12H,2-11H2,1H3;11-12H,2-10H2,1H3;8H,4-7H2,1-3H3,(H,13,14);6H,2-5H2,1H3;4H,1-3H3;(H2,4,6);1,3H2,(H2,4,5);3H,2H2,1H3;;;;;;/q;;;;;;;;;;;;+1;;;;-1. The molecule has 2 aromatic rings. The number of hydrogen-bond donors (Lipinski definition) is 7. The summed E-state index contributed by atoms with van der Waals surface area (Å²) in [4.78, 5) is 101. The minimum absolute atomic E-state index is 0. The maximum atomic E-state index is 12.5. The Balaban J connectivity index is 0.000000753. The van der Waals surface area contributed by atoms with E-state index in [1.165, 1.54) is 213 Å². The van der Waals surface area contributed by atoms with Crippen molar-refractivity contribution in [3.05, 3.63) is 7.83 Å². The van der Waals surface area contributed by atoms with E-state index < -0.39 is 17.2 Å². The Morgan fingerprint density at radius 2 is 0.773 bits per heavy atom. The summed E-state index contributed by atoms with van der Waals surface area (Å²) in [5, 5.41) is 40.0. The Kier molecular flexibility index (Phi) is 65.6. The van der Waals surface area contributed by atoms with Gasteiger partial charge in [0.2, 0.25) is 22.1 Å². The number of nitrogen functional groups attached to an aromatic ring is 1. The van der Waals surface area contributed by atoms with E-state index in [0.29, 0.717) is 74.0 Å². The number of carbonyl (C=O) groups excluding carboxylic acids is 5. The molecule has 0 spiro atoms. The average molecular weight is 2060 g/mol. The summed E-state index contributed by atoms with van der Waals surface area (Å²) in [6, 6.07) is 0. The molecule has 132 heavy (non-hydrogen) atoms. The van der Waals surface area contributed by atoms with Gasteiger partial charge in [-0.3, -0.25) is 19.2 Å². The number of aliphatic hydroxyl groups is 1. The SMILES string of the molecule is CC(C)(C)OC(=O)N1CCC(C(=O)O)CC1.CC(C)(C)OC=O.CCO.CN1CCC(CN2CCNCC2)CC1.CN1CCN(C(=O)C2CCCCC2)CC1.CN1CCN(C(=O)C2CCN(C(=O)OC(C)(C)C)CC2)CC1.CN1CCN(CC2CCCCC2)CC1.CN1CCN(CC2CCN(c3nnc(Br)s3)CC2)CC1.CN1CCNCC1.NCC(N)=S.Nc1nnc(Br)s1.[AlH3].[H-].[Li+]. The van der Waals surface area contributed by atoms with Gasteiger partial charge >= 0.3 is 37.0 Å². The summed E-state index contributed by atoms with van der Waals surface area (Å²) < 4.78 is 16.8. The van der Waals surface area contributed by atoms with Crippen molar-refractivity contribution < 1.29 is 73.5 Å². The number of rotatable bonds is 12. The van der Waals surface area contributed by atoms with Crippen molar-refractivity contribution in [1.82, 2.24) is 94.7 Å². The molecular weight excluding hydrogens is 1880 g/mol. The molecule has 0 unspecified atom stereocenters. The zero-order valence-electron chi connectivity index (χ0n) is 84.8. The zero-order valence-corrected chi connectivity index (χ0v) is 89.4. The van der Waals surface area contributed by atoms with Crippen molar-refractivity contribution in [2.24, 2.45) is 47.0 Å². The fourth-order valence-corrected chi connectivity index (χ4v) is 18.7. The fraction of sp³-hybridized carbons (Fsp3) is 0.879. The van der Waals surface area contributed by atoms with Gasteiger partial charge in [0.1, 0.15) is 16.8 Å². The van der Waals surface area contributed by atoms with Crippen LogP contribution >= 0.6 is 66.8 Å². The molecule has 0 aromatic carbocycles. The minimum Gasteiger partial charge on any atom is -1.00 e. The van der Waals surface area contributed by atoms with Crippen molar-refractivity contribution >= 4 is 136 Å². The summed E-state index contributed by atoms with van der Waals surface area (Å²) in [7, 11) is 13.1. The minimum atomic E-state index is -0.774. The van der Waals surface area contributed by atoms with Crippen LogP contribution in [0.1, 0.15) is 186 Å². The van der Waals surface area contributed by atoms with Crippen LogP contribution in [0, 0.1) is 35.5 Å². The van der Waals surface area contributed by atoms with Gasteiger partial charge in [0.15, 0.2) is 25.2 Å². The molecular formula is C91H179AlBr2LiN23O11S3. The smallest absolute Gasteiger partial charge is 1.00 e. The Morgan fingerprint density at radius 1 is 0.455 bits per heavy atom. The molecule has 0 radical (unpaired) electrons. The van der Waals surface area contributed by atoms with Crippen LogP contribution in [0.2, 0.25) is 0 Å². The predicted molar refractivity (Wildman–Crippen MR) is 549 cm³/mol. The quantitative estimate of drug-likeness (QED) is 0.0649. The molecule has 10 saturated heterocycles. The van der Waals surface area contributed by atoms with Gasteiger partial charge in [0.25, 0.3) is 6.47 Å². The maximum absolute atomic E-state index is 12.5. The van der Waals surface area contributed by atoms with E-state index in [1.54, 1.807) is 28.1 Å². The summed E-state index contributed by atoms with van der Waals surface area (Å²) in [5.74, 6) is 2.84. The molecule has 34 nitrogen and oxygen atoms in total.